The number of carbonyl (C=O) groups excluding carboxylic acids is 3. The fraction of sp³-hybridized carbons (Fsp3) is 0.222. The maximum absolute atomic E-state index is 12.6. The monoisotopic (exact) mass is 400 g/mol. The van der Waals surface area contributed by atoms with Gasteiger partial charge in [-0.25, -0.2) is 0 Å². The van der Waals surface area contributed by atoms with Crippen molar-refractivity contribution in [1.29, 1.82) is 0 Å². The number of anilines is 1. The van der Waals surface area contributed by atoms with Gasteiger partial charge in [0, 0.05) is 31.6 Å². The van der Waals surface area contributed by atoms with E-state index in [1.54, 1.807) is 38.8 Å². The van der Waals surface area contributed by atoms with Gasteiger partial charge in [0.15, 0.2) is 11.5 Å². The van der Waals surface area contributed by atoms with Crippen molar-refractivity contribution in [2.24, 2.45) is 0 Å². The predicted octanol–water partition coefficient (Wildman–Crippen LogP) is 2.18. The van der Waals surface area contributed by atoms with Crippen molar-refractivity contribution in [2.45, 2.75) is 0 Å². The van der Waals surface area contributed by atoms with Crippen molar-refractivity contribution >= 4 is 35.1 Å². The average molecular weight is 400 g/mol. The lowest BCUT2D eigenvalue weighted by Gasteiger charge is -2.33. The van der Waals surface area contributed by atoms with Gasteiger partial charge in [0.1, 0.15) is 6.26 Å². The third-order valence-corrected chi connectivity index (χ3v) is 5.00. The van der Waals surface area contributed by atoms with E-state index in [0.717, 1.165) is 0 Å². The van der Waals surface area contributed by atoms with E-state index in [0.29, 0.717) is 31.7 Å². The lowest BCUT2D eigenvalue weighted by molar-refractivity contribution is 0.0515. The summed E-state index contributed by atoms with van der Waals surface area (Å²) in [7, 11) is 0. The molecule has 10 heteroatoms. The summed E-state index contributed by atoms with van der Waals surface area (Å²) in [6, 6.07) is 4.91. The van der Waals surface area contributed by atoms with Crippen LogP contribution in [0, 0.1) is 0 Å². The molecule has 0 saturated carbocycles. The Labute approximate surface area is 163 Å². The van der Waals surface area contributed by atoms with E-state index in [9.17, 15) is 14.4 Å². The van der Waals surface area contributed by atoms with E-state index in [1.807, 2.05) is 0 Å². The first kappa shape index (κ1) is 18.0. The molecule has 1 fully saturated rings. The highest BCUT2D eigenvalue weighted by atomic mass is 32.1. The molecular weight excluding hydrogens is 384 g/mol. The number of piperazine rings is 1. The van der Waals surface area contributed by atoms with Gasteiger partial charge in [0.25, 0.3) is 17.7 Å². The number of amides is 3. The van der Waals surface area contributed by atoms with Crippen LogP contribution in [0.1, 0.15) is 31.4 Å². The Balaban J connectivity index is 1.34. The molecule has 144 valence electrons. The summed E-state index contributed by atoms with van der Waals surface area (Å²) in [5, 5.41) is 6.01. The molecule has 3 aromatic rings. The fourth-order valence-corrected chi connectivity index (χ4v) is 3.46. The molecule has 0 spiro atoms. The van der Waals surface area contributed by atoms with Gasteiger partial charge < -0.3 is 18.6 Å². The van der Waals surface area contributed by atoms with Crippen LogP contribution >= 0.6 is 11.3 Å². The van der Waals surface area contributed by atoms with Crippen LogP contribution in [0.25, 0.3) is 0 Å². The molecule has 3 amide bonds. The van der Waals surface area contributed by atoms with Crippen LogP contribution in [0.15, 0.2) is 50.3 Å². The molecule has 0 bridgehead atoms. The van der Waals surface area contributed by atoms with Crippen LogP contribution in [0.2, 0.25) is 0 Å². The van der Waals surface area contributed by atoms with E-state index in [1.165, 1.54) is 23.9 Å². The Morgan fingerprint density at radius 2 is 1.79 bits per heavy atom. The Hall–Kier alpha value is -3.40. The summed E-state index contributed by atoms with van der Waals surface area (Å²) in [5.41, 5.74) is 0.597. The normalized spacial score (nSPS) is 14.1. The molecule has 1 saturated heterocycles. The van der Waals surface area contributed by atoms with Crippen LogP contribution in [-0.2, 0) is 0 Å². The Kier molecular flexibility index (Phi) is 4.94. The fourth-order valence-electron chi connectivity index (χ4n) is 2.82. The molecule has 0 aliphatic carbocycles. The number of nitrogens with zero attached hydrogens (tertiary/aromatic N) is 3. The summed E-state index contributed by atoms with van der Waals surface area (Å²) >= 11 is 1.40. The Morgan fingerprint density at radius 1 is 1.04 bits per heavy atom. The van der Waals surface area contributed by atoms with Gasteiger partial charge >= 0.3 is 6.01 Å². The van der Waals surface area contributed by atoms with E-state index < -0.39 is 0 Å². The second-order valence-electron chi connectivity index (χ2n) is 6.07. The third kappa shape index (κ3) is 3.67. The van der Waals surface area contributed by atoms with Crippen molar-refractivity contribution < 1.29 is 23.2 Å². The largest absolute Gasteiger partial charge is 0.459 e. The summed E-state index contributed by atoms with van der Waals surface area (Å²) in [5.74, 6) is -0.587. The number of hydrogen-bond donors (Lipinski definition) is 1. The molecule has 0 atom stereocenters. The van der Waals surface area contributed by atoms with Gasteiger partial charge in [-0.15, -0.1) is 0 Å². The zero-order valence-electron chi connectivity index (χ0n) is 14.7. The lowest BCUT2D eigenvalue weighted by Crippen LogP contribution is -2.50. The van der Waals surface area contributed by atoms with Crippen molar-refractivity contribution in [3.05, 3.63) is 58.5 Å². The first-order valence-electron chi connectivity index (χ1n) is 8.53. The van der Waals surface area contributed by atoms with Crippen molar-refractivity contribution in [1.82, 2.24) is 14.8 Å². The average Bonchev–Trinajstić information content (AvgIpc) is 3.49. The second kappa shape index (κ2) is 7.69. The molecule has 3 aromatic heterocycles. The van der Waals surface area contributed by atoms with Crippen LogP contribution in [0.5, 0.6) is 0 Å². The van der Waals surface area contributed by atoms with Gasteiger partial charge in [-0.05, 0) is 23.6 Å². The SMILES string of the molecule is O=C(Nc1nc(C(=O)N2CCN(C(=O)c3ccco3)CC2)co1)c1ccsc1. The predicted molar refractivity (Wildman–Crippen MR) is 99.3 cm³/mol. The van der Waals surface area contributed by atoms with Gasteiger partial charge in [-0.2, -0.15) is 16.3 Å². The zero-order valence-corrected chi connectivity index (χ0v) is 15.5. The molecule has 0 unspecified atom stereocenters. The zero-order chi connectivity index (χ0) is 19.5. The Bertz CT molecular complexity index is 972. The van der Waals surface area contributed by atoms with E-state index in [4.69, 9.17) is 8.83 Å². The number of rotatable bonds is 4. The first-order chi connectivity index (χ1) is 13.6. The van der Waals surface area contributed by atoms with Gasteiger partial charge in [-0.3, -0.25) is 19.7 Å². The second-order valence-corrected chi connectivity index (χ2v) is 6.85. The van der Waals surface area contributed by atoms with E-state index in [2.05, 4.69) is 10.3 Å². The van der Waals surface area contributed by atoms with Crippen molar-refractivity contribution in [3.63, 3.8) is 0 Å². The number of furan rings is 1. The number of hydrogen-bond acceptors (Lipinski definition) is 7. The van der Waals surface area contributed by atoms with Crippen molar-refractivity contribution in [3.8, 4) is 0 Å². The summed E-state index contributed by atoms with van der Waals surface area (Å²) in [6.45, 7) is 1.53. The third-order valence-electron chi connectivity index (χ3n) is 4.31. The molecule has 4 rings (SSSR count). The molecule has 1 aliphatic heterocycles. The first-order valence-corrected chi connectivity index (χ1v) is 9.47. The van der Waals surface area contributed by atoms with Crippen LogP contribution < -0.4 is 5.32 Å². The standard InChI is InChI=1S/C18H16N4O5S/c23-15(12-3-9-28-11-12)20-18-19-13(10-27-18)16(24)21-4-6-22(7-5-21)17(25)14-2-1-8-26-14/h1-3,8-11H,4-7H2,(H,19,20,23). The molecule has 1 N–H and O–H groups in total. The number of nitrogens with one attached hydrogen (secondary N) is 1. The maximum Gasteiger partial charge on any atom is 0.302 e. The highest BCUT2D eigenvalue weighted by molar-refractivity contribution is 7.08. The highest BCUT2D eigenvalue weighted by Crippen LogP contribution is 2.15. The Morgan fingerprint density at radius 3 is 2.43 bits per heavy atom. The lowest BCUT2D eigenvalue weighted by atomic mass is 10.2. The van der Waals surface area contributed by atoms with Crippen LogP contribution in [0.3, 0.4) is 0 Å². The van der Waals surface area contributed by atoms with Gasteiger partial charge in [-0.1, -0.05) is 0 Å². The smallest absolute Gasteiger partial charge is 0.302 e. The van der Waals surface area contributed by atoms with E-state index in [-0.39, 0.29) is 35.2 Å². The summed E-state index contributed by atoms with van der Waals surface area (Å²) in [6.07, 6.45) is 2.66. The van der Waals surface area contributed by atoms with Crippen LogP contribution in [-0.4, -0.2) is 58.7 Å². The number of carbonyl (C=O) groups is 3. The number of thiophene rings is 1. The quantitative estimate of drug-likeness (QED) is 0.719. The minimum Gasteiger partial charge on any atom is -0.459 e. The molecular formula is C18H16N4O5S. The minimum atomic E-state index is -0.354. The molecule has 4 heterocycles. The molecule has 28 heavy (non-hydrogen) atoms. The molecule has 0 radical (unpaired) electrons. The maximum atomic E-state index is 12.6. The van der Waals surface area contributed by atoms with E-state index >= 15 is 0 Å². The van der Waals surface area contributed by atoms with Crippen LogP contribution in [0.4, 0.5) is 6.01 Å². The molecule has 9 nitrogen and oxygen atoms in total. The minimum absolute atomic E-state index is 0.0359. The molecule has 1 aliphatic rings. The molecule has 0 aromatic carbocycles. The number of aromatic nitrogens is 1. The highest BCUT2D eigenvalue weighted by Gasteiger charge is 2.28. The van der Waals surface area contributed by atoms with Gasteiger partial charge in [0.05, 0.1) is 11.8 Å². The topological polar surface area (TPSA) is 109 Å². The van der Waals surface area contributed by atoms with Gasteiger partial charge in [0.2, 0.25) is 0 Å². The summed E-state index contributed by atoms with van der Waals surface area (Å²) in [4.78, 5) is 44.2. The summed E-state index contributed by atoms with van der Waals surface area (Å²) < 4.78 is 10.3. The number of oxazole rings is 1. The van der Waals surface area contributed by atoms with Crippen molar-refractivity contribution in [2.75, 3.05) is 31.5 Å².